The van der Waals surface area contributed by atoms with Crippen LogP contribution in [0.4, 0.5) is 5.69 Å². The van der Waals surface area contributed by atoms with E-state index < -0.39 is 11.8 Å². The number of rotatable bonds is 11. The summed E-state index contributed by atoms with van der Waals surface area (Å²) in [5.41, 5.74) is 4.30. The Kier molecular flexibility index (Phi) is 10.9. The molecule has 0 saturated heterocycles. The van der Waals surface area contributed by atoms with Gasteiger partial charge in [0.2, 0.25) is 11.8 Å². The van der Waals surface area contributed by atoms with Gasteiger partial charge in [0.15, 0.2) is 11.4 Å². The van der Waals surface area contributed by atoms with Crippen molar-refractivity contribution in [2.75, 3.05) is 18.5 Å². The zero-order valence-electron chi connectivity index (χ0n) is 25.3. The number of benzene rings is 2. The first-order chi connectivity index (χ1) is 22.6. The van der Waals surface area contributed by atoms with E-state index in [2.05, 4.69) is 36.5 Å². The molecule has 10 nitrogen and oxygen atoms in total. The number of halogens is 3. The van der Waals surface area contributed by atoms with Gasteiger partial charge in [0, 0.05) is 41.7 Å². The molecule has 0 bridgehead atoms. The molecule has 3 aromatic heterocycles. The third-order valence-electron chi connectivity index (χ3n) is 7.16. The van der Waals surface area contributed by atoms with E-state index >= 15 is 0 Å². The fraction of sp³-hybridized carbons (Fsp3) is 0.147. The fourth-order valence-electron chi connectivity index (χ4n) is 4.53. The number of nitrogens with one attached hydrogen (secondary N) is 2. The van der Waals surface area contributed by atoms with Crippen molar-refractivity contribution in [3.05, 3.63) is 128 Å². The first kappa shape index (κ1) is 33.6. The summed E-state index contributed by atoms with van der Waals surface area (Å²) < 4.78 is 8.75. The van der Waals surface area contributed by atoms with E-state index in [0.29, 0.717) is 45.3 Å². The smallest absolute Gasteiger partial charge is 0.251 e. The Morgan fingerprint density at radius 2 is 1.81 bits per heavy atom. The average Bonchev–Trinajstić information content (AvgIpc) is 3.38. The normalized spacial score (nSPS) is 11.1. The number of amides is 3. The fourth-order valence-corrected chi connectivity index (χ4v) is 5.52. The zero-order valence-corrected chi connectivity index (χ0v) is 28.4. The molecule has 5 rings (SSSR count). The lowest BCUT2D eigenvalue weighted by Crippen LogP contribution is -2.37. The third-order valence-corrected chi connectivity index (χ3v) is 8.89. The van der Waals surface area contributed by atoms with Crippen molar-refractivity contribution < 1.29 is 19.1 Å². The molecular formula is C34H29BrCl2N6O4. The predicted octanol–water partition coefficient (Wildman–Crippen LogP) is 6.41. The maximum Gasteiger partial charge on any atom is 0.251 e. The summed E-state index contributed by atoms with van der Waals surface area (Å²) in [6.07, 6.45) is 6.44. The van der Waals surface area contributed by atoms with E-state index in [0.717, 1.165) is 16.0 Å². The summed E-state index contributed by atoms with van der Waals surface area (Å²) in [6, 6.07) is 19.2. The summed E-state index contributed by atoms with van der Waals surface area (Å²) in [4.78, 5) is 47.9. The van der Waals surface area contributed by atoms with Gasteiger partial charge in [-0.15, -0.1) is 0 Å². The van der Waals surface area contributed by atoms with E-state index in [1.807, 2.05) is 41.8 Å². The van der Waals surface area contributed by atoms with Crippen molar-refractivity contribution in [2.45, 2.75) is 20.1 Å². The van der Waals surface area contributed by atoms with Crippen LogP contribution in [0.15, 0.2) is 89.8 Å². The van der Waals surface area contributed by atoms with Crippen LogP contribution in [0.5, 0.6) is 5.75 Å². The van der Waals surface area contributed by atoms with Gasteiger partial charge in [0.25, 0.3) is 5.91 Å². The van der Waals surface area contributed by atoms with Crippen LogP contribution in [0.2, 0.25) is 10.0 Å². The molecule has 0 spiro atoms. The van der Waals surface area contributed by atoms with Crippen LogP contribution in [0.3, 0.4) is 0 Å². The quantitative estimate of drug-likeness (QED) is 0.152. The number of fused-ring (bicyclic) bond motifs is 1. The molecule has 2 N–H and O–H groups in total. The molecule has 13 heteroatoms. The van der Waals surface area contributed by atoms with Crippen LogP contribution in [0.1, 0.15) is 32.9 Å². The average molecular weight is 736 g/mol. The van der Waals surface area contributed by atoms with Gasteiger partial charge in [-0.3, -0.25) is 23.8 Å². The number of imidazole rings is 1. The zero-order chi connectivity index (χ0) is 33.5. The van der Waals surface area contributed by atoms with Crippen molar-refractivity contribution in [3.8, 4) is 5.75 Å². The number of anilines is 1. The Labute approximate surface area is 289 Å². The van der Waals surface area contributed by atoms with Gasteiger partial charge < -0.3 is 20.3 Å². The number of aryl methyl sites for hydroxylation is 1. The van der Waals surface area contributed by atoms with E-state index in [9.17, 15) is 14.4 Å². The van der Waals surface area contributed by atoms with Crippen LogP contribution in [0, 0.1) is 6.92 Å². The molecule has 47 heavy (non-hydrogen) atoms. The lowest BCUT2D eigenvalue weighted by Gasteiger charge is -2.21. The van der Waals surface area contributed by atoms with Crippen LogP contribution in [0.25, 0.3) is 11.7 Å². The second-order valence-electron chi connectivity index (χ2n) is 10.3. The van der Waals surface area contributed by atoms with E-state index in [1.165, 1.54) is 11.0 Å². The number of likely N-dealkylation sites (N-methyl/N-ethyl adjacent to an activating group) is 1. The minimum atomic E-state index is -0.463. The van der Waals surface area contributed by atoms with Crippen LogP contribution in [-0.4, -0.2) is 45.7 Å². The Balaban J connectivity index is 1.14. The van der Waals surface area contributed by atoms with E-state index in [-0.39, 0.29) is 24.1 Å². The number of nitrogens with zero attached hydrogens (tertiary/aromatic N) is 4. The molecule has 3 heterocycles. The Morgan fingerprint density at radius 3 is 2.55 bits per heavy atom. The molecule has 2 aromatic carbocycles. The summed E-state index contributed by atoms with van der Waals surface area (Å²) in [6.45, 7) is 1.97. The molecule has 3 amide bonds. The maximum absolute atomic E-state index is 13.0. The standard InChI is InChI=1S/C34H29BrCl2N6O4/c1-21-32(35)43-17-5-7-28(33(43)41-21)47-20-25-26(36)13-14-27(31(25)37)42(2)30(45)19-39-29(44)15-10-22-8-11-23(12-9-22)34(46)40-18-24-6-3-4-16-38-24/h3-17H,18-20H2,1-2H3,(H,39,44)(H,40,46). The second kappa shape index (κ2) is 15.3. The van der Waals surface area contributed by atoms with Crippen LogP contribution < -0.4 is 20.3 Å². The summed E-state index contributed by atoms with van der Waals surface area (Å²) >= 11 is 16.7. The van der Waals surface area contributed by atoms with E-state index in [4.69, 9.17) is 27.9 Å². The van der Waals surface area contributed by atoms with Crippen molar-refractivity contribution in [3.63, 3.8) is 0 Å². The van der Waals surface area contributed by atoms with Gasteiger partial charge in [-0.1, -0.05) is 41.4 Å². The minimum absolute atomic E-state index is 0.0368. The molecular weight excluding hydrogens is 707 g/mol. The molecule has 0 aliphatic carbocycles. The molecule has 0 unspecified atom stereocenters. The highest BCUT2D eigenvalue weighted by molar-refractivity contribution is 9.10. The molecule has 0 radical (unpaired) electrons. The van der Waals surface area contributed by atoms with Gasteiger partial charge in [0.05, 0.1) is 35.2 Å². The van der Waals surface area contributed by atoms with Gasteiger partial charge >= 0.3 is 0 Å². The summed E-state index contributed by atoms with van der Waals surface area (Å²) in [7, 11) is 1.56. The van der Waals surface area contributed by atoms with Crippen molar-refractivity contribution in [2.24, 2.45) is 0 Å². The van der Waals surface area contributed by atoms with Crippen LogP contribution >= 0.6 is 39.1 Å². The SMILES string of the molecule is Cc1nc2c(OCc3c(Cl)ccc(N(C)C(=O)CNC(=O)C=Cc4ccc(C(=O)NCc5ccccn5)cc4)c3Cl)cccn2c1Br. The Morgan fingerprint density at radius 1 is 1.02 bits per heavy atom. The van der Waals surface area contributed by atoms with Crippen molar-refractivity contribution >= 4 is 74.3 Å². The Bertz CT molecular complexity index is 1970. The van der Waals surface area contributed by atoms with Gasteiger partial charge in [-0.2, -0.15) is 0 Å². The molecule has 0 fully saturated rings. The highest BCUT2D eigenvalue weighted by Gasteiger charge is 2.20. The van der Waals surface area contributed by atoms with Gasteiger partial charge in [-0.25, -0.2) is 4.98 Å². The number of carbonyl (C=O) groups is 3. The molecule has 240 valence electrons. The summed E-state index contributed by atoms with van der Waals surface area (Å²) in [5, 5.41) is 6.03. The number of hydrogen-bond donors (Lipinski definition) is 2. The Hall–Kier alpha value is -4.71. The lowest BCUT2D eigenvalue weighted by molar-refractivity contribution is -0.122. The number of pyridine rings is 2. The van der Waals surface area contributed by atoms with Gasteiger partial charge in [0.1, 0.15) is 11.2 Å². The lowest BCUT2D eigenvalue weighted by atomic mass is 10.1. The van der Waals surface area contributed by atoms with Crippen molar-refractivity contribution in [1.29, 1.82) is 0 Å². The number of aromatic nitrogens is 3. The number of ether oxygens (including phenoxy) is 1. The van der Waals surface area contributed by atoms with Gasteiger partial charge in [-0.05, 0) is 83.0 Å². The highest BCUT2D eigenvalue weighted by atomic mass is 79.9. The number of carbonyl (C=O) groups excluding carboxylic acids is 3. The first-order valence-corrected chi connectivity index (χ1v) is 15.9. The molecule has 0 saturated carbocycles. The second-order valence-corrected chi connectivity index (χ2v) is 11.9. The highest BCUT2D eigenvalue weighted by Crippen LogP contribution is 2.35. The monoisotopic (exact) mass is 734 g/mol. The summed E-state index contributed by atoms with van der Waals surface area (Å²) in [5.74, 6) is -0.554. The molecule has 5 aromatic rings. The first-order valence-electron chi connectivity index (χ1n) is 14.4. The largest absolute Gasteiger partial charge is 0.485 e. The molecule has 0 aliphatic heterocycles. The number of hydrogen-bond acceptors (Lipinski definition) is 6. The maximum atomic E-state index is 13.0. The van der Waals surface area contributed by atoms with Crippen molar-refractivity contribution in [1.82, 2.24) is 25.0 Å². The topological polar surface area (TPSA) is 118 Å². The molecule has 0 aliphatic rings. The van der Waals surface area contributed by atoms with E-state index in [1.54, 1.807) is 61.8 Å². The molecule has 0 atom stereocenters. The van der Waals surface area contributed by atoms with Crippen LogP contribution in [-0.2, 0) is 22.7 Å². The minimum Gasteiger partial charge on any atom is -0.485 e. The third kappa shape index (κ3) is 8.18. The predicted molar refractivity (Wildman–Crippen MR) is 186 cm³/mol.